The number of nitrogens with one attached hydrogen (secondary N) is 1. The Hall–Kier alpha value is -1.59. The number of likely N-dealkylation sites (tertiary alicyclic amines) is 1. The molecule has 0 aliphatic carbocycles. The van der Waals surface area contributed by atoms with Crippen molar-refractivity contribution in [3.63, 3.8) is 0 Å². The van der Waals surface area contributed by atoms with E-state index >= 15 is 0 Å². The average Bonchev–Trinajstić information content (AvgIpc) is 2.55. The fourth-order valence-electron chi connectivity index (χ4n) is 1.84. The average molecular weight is 182 g/mol. The van der Waals surface area contributed by atoms with Crippen LogP contribution in [0.15, 0.2) is 5.10 Å². The molecule has 1 saturated heterocycles. The number of carbonyl (C=O) groups excluding carboxylic acids is 2. The van der Waals surface area contributed by atoms with Crippen LogP contribution in [0.4, 0.5) is 0 Å². The monoisotopic (exact) mass is 182 g/mol. The van der Waals surface area contributed by atoms with Crippen LogP contribution >= 0.6 is 0 Å². The van der Waals surface area contributed by atoms with E-state index in [1.54, 1.807) is 13.3 Å². The number of hydrogen-bond donors (Lipinski definition) is 2. The lowest BCUT2D eigenvalue weighted by molar-refractivity contribution is -0.139. The second-order valence-corrected chi connectivity index (χ2v) is 3.35. The maximum absolute atomic E-state index is 11.6. The molecule has 2 heterocycles. The van der Waals surface area contributed by atoms with Crippen molar-refractivity contribution >= 4 is 18.0 Å². The summed E-state index contributed by atoms with van der Waals surface area (Å²) in [6.07, 6.45) is 1.56. The number of nitrogens with zero attached hydrogens (tertiary/aromatic N) is 2. The molecule has 13 heavy (non-hydrogen) atoms. The summed E-state index contributed by atoms with van der Waals surface area (Å²) < 4.78 is 0. The molecule has 0 unspecified atom stereocenters. The van der Waals surface area contributed by atoms with Crippen LogP contribution in [0.3, 0.4) is 0 Å². The highest BCUT2D eigenvalue weighted by Gasteiger charge is 2.59. The van der Waals surface area contributed by atoms with Crippen LogP contribution in [-0.2, 0) is 9.59 Å². The predicted octanol–water partition coefficient (Wildman–Crippen LogP) is -2.11. The predicted molar refractivity (Wildman–Crippen MR) is 44.7 cm³/mol. The van der Waals surface area contributed by atoms with Crippen molar-refractivity contribution in [2.45, 2.75) is 5.54 Å². The van der Waals surface area contributed by atoms with Crippen LogP contribution in [0.1, 0.15) is 0 Å². The molecule has 0 radical (unpaired) electrons. The Labute approximate surface area is 74.8 Å². The van der Waals surface area contributed by atoms with Gasteiger partial charge in [-0.3, -0.25) is 15.0 Å². The maximum Gasteiger partial charge on any atom is 0.260 e. The number of rotatable bonds is 1. The molecule has 2 atom stereocenters. The Morgan fingerprint density at radius 1 is 1.92 bits per heavy atom. The van der Waals surface area contributed by atoms with Gasteiger partial charge in [0.25, 0.3) is 11.8 Å². The van der Waals surface area contributed by atoms with Crippen molar-refractivity contribution in [2.75, 3.05) is 13.6 Å². The highest BCUT2D eigenvalue weighted by atomic mass is 16.2. The fourth-order valence-corrected chi connectivity index (χ4v) is 1.84. The van der Waals surface area contributed by atoms with E-state index in [-0.39, 0.29) is 11.8 Å². The molecule has 2 aliphatic heterocycles. The second kappa shape index (κ2) is 2.21. The van der Waals surface area contributed by atoms with Gasteiger partial charge in [0, 0.05) is 19.8 Å². The standard InChI is InChI=1S/C7H10N4O2/c1-11-3-4-2-9-10-7(4,5(8)12)6(11)13/h2,4,10H,3H2,1H3,(H2,8,12)/t4-,7+/m0/s1. The fraction of sp³-hybridized carbons (Fsp3) is 0.571. The first-order chi connectivity index (χ1) is 6.09. The second-order valence-electron chi connectivity index (χ2n) is 3.35. The van der Waals surface area contributed by atoms with Gasteiger partial charge in [0.15, 0.2) is 0 Å². The van der Waals surface area contributed by atoms with Gasteiger partial charge in [0.2, 0.25) is 5.54 Å². The van der Waals surface area contributed by atoms with Crippen LogP contribution in [0.2, 0.25) is 0 Å². The zero-order chi connectivity index (χ0) is 9.64. The minimum Gasteiger partial charge on any atom is -0.367 e. The van der Waals surface area contributed by atoms with E-state index in [9.17, 15) is 9.59 Å². The first-order valence-corrected chi connectivity index (χ1v) is 3.95. The van der Waals surface area contributed by atoms with Crippen LogP contribution < -0.4 is 11.2 Å². The number of carbonyl (C=O) groups is 2. The zero-order valence-electron chi connectivity index (χ0n) is 7.15. The van der Waals surface area contributed by atoms with Gasteiger partial charge in [-0.05, 0) is 0 Å². The van der Waals surface area contributed by atoms with E-state index in [2.05, 4.69) is 10.5 Å². The first-order valence-electron chi connectivity index (χ1n) is 3.95. The van der Waals surface area contributed by atoms with Gasteiger partial charge in [-0.2, -0.15) is 5.10 Å². The van der Waals surface area contributed by atoms with Gasteiger partial charge in [0.1, 0.15) is 0 Å². The summed E-state index contributed by atoms with van der Waals surface area (Å²) in [6.45, 7) is 0.484. The highest BCUT2D eigenvalue weighted by molar-refractivity contribution is 6.14. The summed E-state index contributed by atoms with van der Waals surface area (Å²) >= 11 is 0. The van der Waals surface area contributed by atoms with Crippen molar-refractivity contribution in [3.8, 4) is 0 Å². The van der Waals surface area contributed by atoms with Gasteiger partial charge >= 0.3 is 0 Å². The number of nitrogens with two attached hydrogens (primary N) is 1. The van der Waals surface area contributed by atoms with Gasteiger partial charge in [-0.15, -0.1) is 0 Å². The summed E-state index contributed by atoms with van der Waals surface area (Å²) in [5.74, 6) is -1.20. The number of amides is 2. The molecule has 70 valence electrons. The van der Waals surface area contributed by atoms with Crippen LogP contribution in [-0.4, -0.2) is 42.1 Å². The summed E-state index contributed by atoms with van der Waals surface area (Å²) in [6, 6.07) is 0. The zero-order valence-corrected chi connectivity index (χ0v) is 7.15. The van der Waals surface area contributed by atoms with E-state index in [0.717, 1.165) is 0 Å². The molecule has 2 amide bonds. The molecule has 0 saturated carbocycles. The largest absolute Gasteiger partial charge is 0.367 e. The van der Waals surface area contributed by atoms with Crippen LogP contribution in [0.5, 0.6) is 0 Å². The quantitative estimate of drug-likeness (QED) is 0.455. The third-order valence-electron chi connectivity index (χ3n) is 2.59. The number of hydrogen-bond acceptors (Lipinski definition) is 4. The molecule has 6 nitrogen and oxygen atoms in total. The Morgan fingerprint density at radius 3 is 3.15 bits per heavy atom. The van der Waals surface area contributed by atoms with Crippen molar-refractivity contribution in [1.29, 1.82) is 0 Å². The summed E-state index contributed by atoms with van der Waals surface area (Å²) in [4.78, 5) is 24.3. The molecule has 6 heteroatoms. The normalized spacial score (nSPS) is 36.2. The molecule has 0 aromatic heterocycles. The minimum atomic E-state index is -1.31. The Morgan fingerprint density at radius 2 is 2.62 bits per heavy atom. The molecule has 2 rings (SSSR count). The number of primary amides is 1. The molecule has 0 bridgehead atoms. The van der Waals surface area contributed by atoms with Gasteiger partial charge in [0.05, 0.1) is 5.92 Å². The Balaban J connectivity index is 2.44. The summed E-state index contributed by atoms with van der Waals surface area (Å²) in [5.41, 5.74) is 6.40. The van der Waals surface area contributed by atoms with E-state index in [0.29, 0.717) is 6.54 Å². The lowest BCUT2D eigenvalue weighted by Crippen LogP contribution is -2.59. The number of fused-ring (bicyclic) bond motifs is 1. The molecule has 3 N–H and O–H groups in total. The van der Waals surface area contributed by atoms with Gasteiger partial charge in [-0.1, -0.05) is 0 Å². The molecular weight excluding hydrogens is 172 g/mol. The van der Waals surface area contributed by atoms with E-state index < -0.39 is 11.4 Å². The SMILES string of the molecule is CN1C[C@@H]2C=NN[C@]2(C(N)=O)C1=O. The molecular formula is C7H10N4O2. The molecule has 0 aromatic rings. The van der Waals surface area contributed by atoms with Crippen molar-refractivity contribution < 1.29 is 9.59 Å². The van der Waals surface area contributed by atoms with E-state index in [1.807, 2.05) is 0 Å². The maximum atomic E-state index is 11.6. The van der Waals surface area contributed by atoms with E-state index in [1.165, 1.54) is 4.90 Å². The molecule has 0 aromatic carbocycles. The number of likely N-dealkylation sites (N-methyl/N-ethyl adjacent to an activating group) is 1. The van der Waals surface area contributed by atoms with Crippen molar-refractivity contribution in [3.05, 3.63) is 0 Å². The topological polar surface area (TPSA) is 87.8 Å². The summed E-state index contributed by atoms with van der Waals surface area (Å²) in [5, 5.41) is 3.72. The third kappa shape index (κ3) is 0.746. The molecule has 2 aliphatic rings. The van der Waals surface area contributed by atoms with Crippen LogP contribution in [0.25, 0.3) is 0 Å². The highest BCUT2D eigenvalue weighted by Crippen LogP contribution is 2.29. The smallest absolute Gasteiger partial charge is 0.260 e. The lowest BCUT2D eigenvalue weighted by Gasteiger charge is -2.21. The number of hydrazone groups is 1. The molecule has 1 fully saturated rings. The Bertz CT molecular complexity index is 314. The van der Waals surface area contributed by atoms with Gasteiger partial charge < -0.3 is 10.6 Å². The molecule has 0 spiro atoms. The third-order valence-corrected chi connectivity index (χ3v) is 2.59. The summed E-state index contributed by atoms with van der Waals surface area (Å²) in [7, 11) is 1.64. The van der Waals surface area contributed by atoms with Crippen LogP contribution in [0, 0.1) is 5.92 Å². The first kappa shape index (κ1) is 8.03. The Kier molecular flexibility index (Phi) is 1.37. The van der Waals surface area contributed by atoms with Crippen molar-refractivity contribution in [1.82, 2.24) is 10.3 Å². The van der Waals surface area contributed by atoms with E-state index in [4.69, 9.17) is 5.73 Å². The van der Waals surface area contributed by atoms with Gasteiger partial charge in [-0.25, -0.2) is 0 Å². The lowest BCUT2D eigenvalue weighted by atomic mass is 9.88. The van der Waals surface area contributed by atoms with Crippen molar-refractivity contribution in [2.24, 2.45) is 16.8 Å². The minimum absolute atomic E-state index is 0.234.